The van der Waals surface area contributed by atoms with Crippen molar-refractivity contribution < 1.29 is 0 Å². The fraction of sp³-hybridized carbons (Fsp3) is 0.0714. The van der Waals surface area contributed by atoms with E-state index in [-0.39, 0.29) is 0 Å². The van der Waals surface area contributed by atoms with Crippen LogP contribution in [0.5, 0.6) is 0 Å². The molecule has 2 N–H and O–H groups in total. The minimum atomic E-state index is 0.719. The van der Waals surface area contributed by atoms with E-state index in [4.69, 9.17) is 5.73 Å². The average Bonchev–Trinajstić information content (AvgIpc) is 2.42. The highest BCUT2D eigenvalue weighted by Gasteiger charge is 2.08. The van der Waals surface area contributed by atoms with Gasteiger partial charge in [-0.2, -0.15) is 0 Å². The summed E-state index contributed by atoms with van der Waals surface area (Å²) < 4.78 is 0. The Hall–Kier alpha value is -2.14. The zero-order valence-corrected chi connectivity index (χ0v) is 11.2. The number of hydrogen-bond acceptors (Lipinski definition) is 5. The quantitative estimate of drug-likeness (QED) is 0.571. The first-order valence-electron chi connectivity index (χ1n) is 5.85. The topological polar surface area (TPSA) is 64.7 Å². The summed E-state index contributed by atoms with van der Waals surface area (Å²) in [4.78, 5) is 14.1. The Morgan fingerprint density at radius 3 is 2.79 bits per heavy atom. The average molecular weight is 268 g/mol. The van der Waals surface area contributed by atoms with Crippen molar-refractivity contribution in [3.63, 3.8) is 0 Å². The Balaban J connectivity index is 2.09. The molecular weight excluding hydrogens is 256 g/mol. The maximum absolute atomic E-state index is 5.96. The lowest BCUT2D eigenvalue weighted by molar-refractivity contribution is 0.932. The number of benzene rings is 1. The van der Waals surface area contributed by atoms with E-state index in [1.165, 1.54) is 11.8 Å². The number of anilines is 1. The molecule has 1 aromatic carbocycles. The van der Waals surface area contributed by atoms with E-state index in [0.717, 1.165) is 32.3 Å². The smallest absolute Gasteiger partial charge is 0.192 e. The van der Waals surface area contributed by atoms with E-state index in [0.29, 0.717) is 0 Å². The molecule has 3 aromatic rings. The Bertz CT molecular complexity index is 742. The molecule has 3 rings (SSSR count). The van der Waals surface area contributed by atoms with E-state index in [1.807, 2.05) is 37.3 Å². The number of pyridine rings is 1. The number of aromatic nitrogens is 3. The second kappa shape index (κ2) is 4.85. The number of nitrogen functional groups attached to an aromatic ring is 1. The molecular formula is C14H12N4S. The van der Waals surface area contributed by atoms with Gasteiger partial charge in [0.05, 0.1) is 5.52 Å². The maximum atomic E-state index is 5.96. The van der Waals surface area contributed by atoms with Gasteiger partial charge in [-0.15, -0.1) is 0 Å². The molecule has 0 saturated carbocycles. The van der Waals surface area contributed by atoms with Crippen LogP contribution in [0.2, 0.25) is 0 Å². The third-order valence-corrected chi connectivity index (χ3v) is 3.67. The van der Waals surface area contributed by atoms with Crippen LogP contribution in [0.3, 0.4) is 0 Å². The fourth-order valence-electron chi connectivity index (χ4n) is 1.82. The molecule has 19 heavy (non-hydrogen) atoms. The molecule has 2 aromatic heterocycles. The molecule has 2 heterocycles. The van der Waals surface area contributed by atoms with Crippen molar-refractivity contribution >= 4 is 28.4 Å². The van der Waals surface area contributed by atoms with Gasteiger partial charge in [-0.25, -0.2) is 9.97 Å². The summed E-state index contributed by atoms with van der Waals surface area (Å²) in [6.07, 6.45) is 3.53. The maximum Gasteiger partial charge on any atom is 0.192 e. The standard InChI is InChI=1S/C14H12N4S/c1-9-6-8-17-14(18-9)19-12-5-4-11(15)10-3-2-7-16-13(10)12/h2-8H,15H2,1H3. The lowest BCUT2D eigenvalue weighted by Crippen LogP contribution is -1.92. The predicted octanol–water partition coefficient (Wildman–Crippen LogP) is 3.07. The van der Waals surface area contributed by atoms with E-state index in [9.17, 15) is 0 Å². The predicted molar refractivity (Wildman–Crippen MR) is 77.0 cm³/mol. The van der Waals surface area contributed by atoms with Crippen molar-refractivity contribution in [3.8, 4) is 0 Å². The number of nitrogens with zero attached hydrogens (tertiary/aromatic N) is 3. The summed E-state index contributed by atoms with van der Waals surface area (Å²) >= 11 is 1.50. The highest BCUT2D eigenvalue weighted by Crippen LogP contribution is 2.32. The molecule has 0 aliphatic carbocycles. The van der Waals surface area contributed by atoms with Crippen molar-refractivity contribution in [3.05, 3.63) is 48.4 Å². The van der Waals surface area contributed by atoms with Gasteiger partial charge < -0.3 is 5.73 Å². The van der Waals surface area contributed by atoms with Gasteiger partial charge >= 0.3 is 0 Å². The van der Waals surface area contributed by atoms with Crippen LogP contribution in [0.15, 0.2) is 52.8 Å². The van der Waals surface area contributed by atoms with Crippen LogP contribution in [0.4, 0.5) is 5.69 Å². The summed E-state index contributed by atoms with van der Waals surface area (Å²) in [5.74, 6) is 0. The normalized spacial score (nSPS) is 10.8. The van der Waals surface area contributed by atoms with Gasteiger partial charge in [-0.05, 0) is 49.0 Å². The first-order chi connectivity index (χ1) is 9.24. The minimum Gasteiger partial charge on any atom is -0.398 e. The summed E-state index contributed by atoms with van der Waals surface area (Å²) in [5.41, 5.74) is 8.53. The Morgan fingerprint density at radius 1 is 1.05 bits per heavy atom. The van der Waals surface area contributed by atoms with Gasteiger partial charge in [-0.1, -0.05) is 0 Å². The number of aryl methyl sites for hydroxylation is 1. The molecule has 4 nitrogen and oxygen atoms in total. The molecule has 94 valence electrons. The number of nitrogens with two attached hydrogens (primary N) is 1. The van der Waals surface area contributed by atoms with Gasteiger partial charge in [0.15, 0.2) is 5.16 Å². The van der Waals surface area contributed by atoms with Crippen LogP contribution in [-0.2, 0) is 0 Å². The van der Waals surface area contributed by atoms with Crippen LogP contribution in [0.1, 0.15) is 5.69 Å². The Morgan fingerprint density at radius 2 is 1.95 bits per heavy atom. The largest absolute Gasteiger partial charge is 0.398 e. The molecule has 0 saturated heterocycles. The second-order valence-corrected chi connectivity index (χ2v) is 5.14. The third-order valence-electron chi connectivity index (χ3n) is 2.74. The zero-order valence-electron chi connectivity index (χ0n) is 10.4. The minimum absolute atomic E-state index is 0.719. The first kappa shape index (κ1) is 11.9. The van der Waals surface area contributed by atoms with Crippen LogP contribution in [-0.4, -0.2) is 15.0 Å². The summed E-state index contributed by atoms with van der Waals surface area (Å²) in [6.45, 7) is 1.95. The van der Waals surface area contributed by atoms with Crippen molar-refractivity contribution in [1.29, 1.82) is 0 Å². The van der Waals surface area contributed by atoms with Crippen LogP contribution in [0.25, 0.3) is 10.9 Å². The van der Waals surface area contributed by atoms with Crippen molar-refractivity contribution in [2.75, 3.05) is 5.73 Å². The summed E-state index contributed by atoms with van der Waals surface area (Å²) in [5, 5.41) is 1.68. The molecule has 5 heteroatoms. The molecule has 0 radical (unpaired) electrons. The fourth-order valence-corrected chi connectivity index (χ4v) is 2.72. The Labute approximate surface area is 115 Å². The number of rotatable bonds is 2. The molecule has 0 bridgehead atoms. The van der Waals surface area contributed by atoms with Gasteiger partial charge in [0.1, 0.15) is 0 Å². The molecule has 0 amide bonds. The van der Waals surface area contributed by atoms with Gasteiger partial charge in [0, 0.05) is 34.1 Å². The van der Waals surface area contributed by atoms with E-state index >= 15 is 0 Å². The van der Waals surface area contributed by atoms with Crippen molar-refractivity contribution in [1.82, 2.24) is 15.0 Å². The highest BCUT2D eigenvalue weighted by molar-refractivity contribution is 7.99. The lowest BCUT2D eigenvalue weighted by atomic mass is 10.2. The van der Waals surface area contributed by atoms with Crippen LogP contribution in [0, 0.1) is 6.92 Å². The molecule has 0 unspecified atom stereocenters. The molecule has 0 atom stereocenters. The lowest BCUT2D eigenvalue weighted by Gasteiger charge is -2.06. The SMILES string of the molecule is Cc1ccnc(Sc2ccc(N)c3cccnc23)n1. The van der Waals surface area contributed by atoms with Crippen molar-refractivity contribution in [2.45, 2.75) is 17.0 Å². The van der Waals surface area contributed by atoms with Gasteiger partial charge in [-0.3, -0.25) is 4.98 Å². The van der Waals surface area contributed by atoms with E-state index in [1.54, 1.807) is 12.4 Å². The number of fused-ring (bicyclic) bond motifs is 1. The second-order valence-electron chi connectivity index (χ2n) is 4.14. The van der Waals surface area contributed by atoms with Gasteiger partial charge in [0.2, 0.25) is 0 Å². The van der Waals surface area contributed by atoms with Gasteiger partial charge in [0.25, 0.3) is 0 Å². The Kier molecular flexibility index (Phi) is 3.05. The third kappa shape index (κ3) is 2.37. The highest BCUT2D eigenvalue weighted by atomic mass is 32.2. The molecule has 0 fully saturated rings. The van der Waals surface area contributed by atoms with E-state index in [2.05, 4.69) is 15.0 Å². The van der Waals surface area contributed by atoms with Crippen molar-refractivity contribution in [2.24, 2.45) is 0 Å². The molecule has 0 aliphatic heterocycles. The van der Waals surface area contributed by atoms with Crippen LogP contribution >= 0.6 is 11.8 Å². The monoisotopic (exact) mass is 268 g/mol. The van der Waals surface area contributed by atoms with E-state index < -0.39 is 0 Å². The molecule has 0 aliphatic rings. The first-order valence-corrected chi connectivity index (χ1v) is 6.66. The molecule has 0 spiro atoms. The number of hydrogen-bond donors (Lipinski definition) is 1. The van der Waals surface area contributed by atoms with Crippen LogP contribution < -0.4 is 5.73 Å². The summed E-state index contributed by atoms with van der Waals surface area (Å²) in [7, 11) is 0. The summed E-state index contributed by atoms with van der Waals surface area (Å²) in [6, 6.07) is 9.59. The zero-order chi connectivity index (χ0) is 13.2.